The number of ketones is 1. The third-order valence-corrected chi connectivity index (χ3v) is 4.51. The first-order valence-corrected chi connectivity index (χ1v) is 9.96. The summed E-state index contributed by atoms with van der Waals surface area (Å²) in [5.41, 5.74) is 3.65. The number of nitrogens with one attached hydrogen (secondary N) is 3. The van der Waals surface area contributed by atoms with Crippen molar-refractivity contribution in [1.29, 1.82) is 5.41 Å². The van der Waals surface area contributed by atoms with Gasteiger partial charge in [-0.2, -0.15) is 15.1 Å². The van der Waals surface area contributed by atoms with Gasteiger partial charge in [-0.05, 0) is 32.9 Å². The molecule has 3 rings (SSSR count). The molecule has 0 bridgehead atoms. The third kappa shape index (κ3) is 5.40. The van der Waals surface area contributed by atoms with Gasteiger partial charge in [-0.3, -0.25) is 9.36 Å². The van der Waals surface area contributed by atoms with Gasteiger partial charge in [0.15, 0.2) is 29.0 Å². The number of fused-ring (bicyclic) bond motifs is 1. The molecule has 12 heteroatoms. The van der Waals surface area contributed by atoms with E-state index in [0.717, 1.165) is 6.42 Å². The van der Waals surface area contributed by atoms with Crippen LogP contribution in [0, 0.1) is 11.3 Å². The number of imidazole rings is 1. The fraction of sp³-hybridized carbons (Fsp3) is 0.579. The van der Waals surface area contributed by atoms with Crippen molar-refractivity contribution in [3.05, 3.63) is 6.33 Å². The molecule has 170 valence electrons. The Labute approximate surface area is 180 Å². The van der Waals surface area contributed by atoms with Crippen LogP contribution in [-0.4, -0.2) is 73.3 Å². The van der Waals surface area contributed by atoms with E-state index < -0.39 is 24.5 Å². The van der Waals surface area contributed by atoms with Crippen LogP contribution in [0.1, 0.15) is 40.3 Å². The maximum atomic E-state index is 11.7. The molecule has 1 aliphatic heterocycles. The van der Waals surface area contributed by atoms with E-state index in [1.54, 1.807) is 6.21 Å². The average molecular weight is 435 g/mol. The Morgan fingerprint density at radius 3 is 2.68 bits per heavy atom. The number of aromatic nitrogens is 4. The molecule has 1 aliphatic rings. The average Bonchev–Trinajstić information content (AvgIpc) is 3.28. The lowest BCUT2D eigenvalue weighted by Gasteiger charge is -2.16. The molecule has 1 fully saturated rings. The van der Waals surface area contributed by atoms with Gasteiger partial charge in [0.2, 0.25) is 5.95 Å². The van der Waals surface area contributed by atoms with Crippen LogP contribution in [0.25, 0.3) is 11.2 Å². The number of aliphatic hydroxyl groups excluding tert-OH is 2. The van der Waals surface area contributed by atoms with Crippen LogP contribution >= 0.6 is 0 Å². The van der Waals surface area contributed by atoms with Crippen LogP contribution in [-0.2, 0) is 9.53 Å². The number of hydrazone groups is 1. The van der Waals surface area contributed by atoms with E-state index in [9.17, 15) is 15.0 Å². The van der Waals surface area contributed by atoms with E-state index in [0.29, 0.717) is 29.4 Å². The molecule has 3 heterocycles. The van der Waals surface area contributed by atoms with Crippen molar-refractivity contribution in [3.8, 4) is 0 Å². The smallest absolute Gasteiger partial charge is 0.247 e. The summed E-state index contributed by atoms with van der Waals surface area (Å²) in [6.45, 7) is 10.5. The molecule has 2 aromatic heterocycles. The molecule has 0 spiro atoms. The minimum atomic E-state index is -1.33. The number of hydrogen-bond donors (Lipinski definition) is 5. The van der Waals surface area contributed by atoms with Gasteiger partial charge in [-0.25, -0.2) is 10.4 Å². The molecular weight excluding hydrogens is 404 g/mol. The fourth-order valence-corrected chi connectivity index (χ4v) is 3.04. The Kier molecular flexibility index (Phi) is 8.54. The number of carbonyl (C=O) groups is 1. The molecule has 12 nitrogen and oxygen atoms in total. The summed E-state index contributed by atoms with van der Waals surface area (Å²) in [4.78, 5) is 24.8. The maximum Gasteiger partial charge on any atom is 0.247 e. The Bertz CT molecular complexity index is 916. The van der Waals surface area contributed by atoms with E-state index >= 15 is 0 Å². The summed E-state index contributed by atoms with van der Waals surface area (Å²) in [5.74, 6) is 0.845. The van der Waals surface area contributed by atoms with Gasteiger partial charge >= 0.3 is 0 Å². The summed E-state index contributed by atoms with van der Waals surface area (Å²) in [7, 11) is 0. The van der Waals surface area contributed by atoms with E-state index in [1.807, 2.05) is 6.92 Å². The summed E-state index contributed by atoms with van der Waals surface area (Å²) in [5, 5.41) is 33.3. The van der Waals surface area contributed by atoms with Gasteiger partial charge < -0.3 is 25.7 Å². The predicted molar refractivity (Wildman–Crippen MR) is 118 cm³/mol. The number of ether oxygens (including phenoxy) is 1. The zero-order valence-corrected chi connectivity index (χ0v) is 18.1. The predicted octanol–water partition coefficient (Wildman–Crippen LogP) is 1.18. The zero-order chi connectivity index (χ0) is 23.1. The van der Waals surface area contributed by atoms with Crippen LogP contribution in [0.3, 0.4) is 0 Å². The standard InChI is InChI=1S/C18H27N7O4.CH3N/c1-5-19-15-11-16(23-18(22-15)24-21-7-6-9(2)3)25(8-20-11)17-13(28)12(27)14(29-17)10(4)26;1-2/h7-9,12-14,17,27-28H,5-6H2,1-4H3,(H2,19,22,23,24);2H,1H2/b21-7-;/t12-,13+,14+,17+;/m0./s1. The Morgan fingerprint density at radius 1 is 1.39 bits per heavy atom. The first-order valence-electron chi connectivity index (χ1n) is 9.96. The zero-order valence-electron chi connectivity index (χ0n) is 18.1. The number of carbonyl (C=O) groups excluding carboxylic acids is 1. The molecule has 0 radical (unpaired) electrons. The van der Waals surface area contributed by atoms with Crippen LogP contribution in [0.4, 0.5) is 11.8 Å². The maximum absolute atomic E-state index is 11.7. The van der Waals surface area contributed by atoms with Crippen molar-refractivity contribution in [2.45, 2.75) is 58.7 Å². The summed E-state index contributed by atoms with van der Waals surface area (Å²) in [6, 6.07) is 0. The van der Waals surface area contributed by atoms with Crippen molar-refractivity contribution in [2.24, 2.45) is 11.0 Å². The minimum Gasteiger partial charge on any atom is -0.387 e. The molecule has 1 saturated heterocycles. The molecule has 0 aromatic carbocycles. The summed E-state index contributed by atoms with van der Waals surface area (Å²) >= 11 is 0. The molecule has 0 aliphatic carbocycles. The second kappa shape index (κ2) is 10.9. The molecule has 0 saturated carbocycles. The van der Waals surface area contributed by atoms with Crippen LogP contribution in [0.5, 0.6) is 0 Å². The van der Waals surface area contributed by atoms with Gasteiger partial charge in [0, 0.05) is 12.8 Å². The lowest BCUT2D eigenvalue weighted by atomic mass is 10.1. The van der Waals surface area contributed by atoms with E-state index in [2.05, 4.69) is 51.4 Å². The van der Waals surface area contributed by atoms with Crippen molar-refractivity contribution in [1.82, 2.24) is 19.5 Å². The second-order valence-electron chi connectivity index (χ2n) is 7.34. The summed E-state index contributed by atoms with van der Waals surface area (Å²) in [6.07, 6.45) is -0.761. The van der Waals surface area contributed by atoms with Crippen LogP contribution < -0.4 is 10.7 Å². The van der Waals surface area contributed by atoms with Crippen LogP contribution in [0.15, 0.2) is 11.4 Å². The second-order valence-corrected chi connectivity index (χ2v) is 7.34. The molecule has 0 amide bonds. The molecule has 4 atom stereocenters. The Balaban J connectivity index is 0.00000166. The van der Waals surface area contributed by atoms with E-state index in [-0.39, 0.29) is 11.7 Å². The largest absolute Gasteiger partial charge is 0.387 e. The Morgan fingerprint density at radius 2 is 2.10 bits per heavy atom. The molecule has 0 unspecified atom stereocenters. The lowest BCUT2D eigenvalue weighted by molar-refractivity contribution is -0.133. The number of Topliss-reactive ketones (excluding diaryl/α,β-unsaturated/α-hetero) is 1. The quantitative estimate of drug-likeness (QED) is 0.302. The van der Waals surface area contributed by atoms with Crippen molar-refractivity contribution in [3.63, 3.8) is 0 Å². The van der Waals surface area contributed by atoms with Gasteiger partial charge in [-0.15, -0.1) is 0 Å². The van der Waals surface area contributed by atoms with Gasteiger partial charge in [0.1, 0.15) is 18.3 Å². The monoisotopic (exact) mass is 434 g/mol. The van der Waals surface area contributed by atoms with E-state index in [1.165, 1.54) is 17.8 Å². The number of nitrogens with zero attached hydrogens (tertiary/aromatic N) is 5. The van der Waals surface area contributed by atoms with Gasteiger partial charge in [0.05, 0.1) is 6.33 Å². The molecular formula is C19H30N8O4. The van der Waals surface area contributed by atoms with Crippen molar-refractivity contribution < 1.29 is 19.7 Å². The number of rotatable bonds is 8. The molecule has 2 aromatic rings. The minimum absolute atomic E-state index is 0.242. The molecule has 31 heavy (non-hydrogen) atoms. The lowest BCUT2D eigenvalue weighted by Crippen LogP contribution is -2.34. The van der Waals surface area contributed by atoms with Crippen molar-refractivity contribution in [2.75, 3.05) is 17.3 Å². The third-order valence-electron chi connectivity index (χ3n) is 4.51. The highest BCUT2D eigenvalue weighted by molar-refractivity contribution is 5.84. The van der Waals surface area contributed by atoms with E-state index in [4.69, 9.17) is 10.1 Å². The summed E-state index contributed by atoms with van der Waals surface area (Å²) < 4.78 is 7.09. The highest BCUT2D eigenvalue weighted by Gasteiger charge is 2.46. The first kappa shape index (κ1) is 24.3. The normalized spacial score (nSPS) is 23.2. The van der Waals surface area contributed by atoms with Crippen molar-refractivity contribution >= 4 is 41.6 Å². The number of hydrogen-bond acceptors (Lipinski definition) is 11. The fourth-order valence-electron chi connectivity index (χ4n) is 3.04. The van der Waals surface area contributed by atoms with Gasteiger partial charge in [-0.1, -0.05) is 13.8 Å². The first-order chi connectivity index (χ1) is 14.8. The van der Waals surface area contributed by atoms with Gasteiger partial charge in [0.25, 0.3) is 0 Å². The Hall–Kier alpha value is -2.96. The number of anilines is 2. The van der Waals surface area contributed by atoms with Crippen LogP contribution in [0.2, 0.25) is 0 Å². The topological polar surface area (TPSA) is 171 Å². The highest BCUT2D eigenvalue weighted by atomic mass is 16.6. The highest BCUT2D eigenvalue weighted by Crippen LogP contribution is 2.33. The molecule has 5 N–H and O–H groups in total. The SMILES string of the molecule is C=N.CCNc1nc(N/N=C\CC(C)C)nc2c1ncn2[C@@H]1O[C@H](C(C)=O)[C@@H](O)[C@H]1O. The number of aliphatic hydroxyl groups is 2.